The van der Waals surface area contributed by atoms with Crippen LogP contribution in [0.25, 0.3) is 0 Å². The minimum absolute atomic E-state index is 0.0557. The third-order valence-corrected chi connectivity index (χ3v) is 4.06. The van der Waals surface area contributed by atoms with E-state index in [1.807, 2.05) is 0 Å². The average molecular weight is 279 g/mol. The van der Waals surface area contributed by atoms with Crippen LogP contribution in [0.1, 0.15) is 35.5 Å². The molecule has 2 fully saturated rings. The molecule has 0 radical (unpaired) electrons. The summed E-state index contributed by atoms with van der Waals surface area (Å²) < 4.78 is 5.04. The Kier molecular flexibility index (Phi) is 3.43. The molecule has 7 heteroatoms. The molecule has 2 atom stereocenters. The summed E-state index contributed by atoms with van der Waals surface area (Å²) in [6.07, 6.45) is 2.45. The second-order valence-electron chi connectivity index (χ2n) is 5.48. The van der Waals surface area contributed by atoms with Gasteiger partial charge in [0.25, 0.3) is 0 Å². The van der Waals surface area contributed by atoms with Crippen LogP contribution in [0.3, 0.4) is 0 Å². The largest absolute Gasteiger partial charge is 0.476 e. The summed E-state index contributed by atoms with van der Waals surface area (Å²) in [7, 11) is 0. The van der Waals surface area contributed by atoms with E-state index in [1.165, 1.54) is 6.07 Å². The van der Waals surface area contributed by atoms with Gasteiger partial charge in [0.05, 0.1) is 6.54 Å². The molecule has 1 amide bonds. The smallest absolute Gasteiger partial charge is 0.358 e. The molecule has 7 nitrogen and oxygen atoms in total. The molecule has 20 heavy (non-hydrogen) atoms. The maximum atomic E-state index is 11.4. The van der Waals surface area contributed by atoms with Crippen LogP contribution in [0.5, 0.6) is 0 Å². The van der Waals surface area contributed by atoms with E-state index >= 15 is 0 Å². The zero-order chi connectivity index (χ0) is 14.1. The number of carboxylic acid groups (broad SMARTS) is 1. The highest BCUT2D eigenvalue weighted by Gasteiger charge is 2.33. The summed E-state index contributed by atoms with van der Waals surface area (Å²) in [5, 5.41) is 15.4. The number of aromatic carboxylic acids is 1. The fraction of sp³-hybridized carbons (Fsp3) is 0.615. The Morgan fingerprint density at radius 2 is 2.40 bits per heavy atom. The molecule has 2 N–H and O–H groups in total. The van der Waals surface area contributed by atoms with Crippen LogP contribution in [-0.2, 0) is 11.3 Å². The number of piperidine rings is 2. The van der Waals surface area contributed by atoms with Gasteiger partial charge < -0.3 is 14.9 Å². The van der Waals surface area contributed by atoms with Gasteiger partial charge in [-0.05, 0) is 18.8 Å². The third kappa shape index (κ3) is 2.67. The molecule has 0 saturated carbocycles. The lowest BCUT2D eigenvalue weighted by atomic mass is 9.85. The number of hydrogen-bond donors (Lipinski definition) is 2. The van der Waals surface area contributed by atoms with Crippen molar-refractivity contribution in [2.45, 2.75) is 31.8 Å². The van der Waals surface area contributed by atoms with Crippen LogP contribution in [0.4, 0.5) is 0 Å². The van der Waals surface area contributed by atoms with Gasteiger partial charge >= 0.3 is 5.97 Å². The molecule has 0 aromatic carbocycles. The second kappa shape index (κ2) is 5.24. The summed E-state index contributed by atoms with van der Waals surface area (Å²) in [4.78, 5) is 24.3. The molecule has 2 aliphatic rings. The van der Waals surface area contributed by atoms with Gasteiger partial charge in [0.1, 0.15) is 0 Å². The molecule has 3 rings (SSSR count). The van der Waals surface area contributed by atoms with Crippen molar-refractivity contribution < 1.29 is 19.2 Å². The predicted molar refractivity (Wildman–Crippen MR) is 68.0 cm³/mol. The number of likely N-dealkylation sites (tertiary alicyclic amines) is 1. The first-order valence-electron chi connectivity index (χ1n) is 6.82. The number of carbonyl (C=O) groups is 2. The van der Waals surface area contributed by atoms with Crippen LogP contribution in [-0.4, -0.2) is 46.2 Å². The molecule has 0 bridgehead atoms. The SMILES string of the molecule is O=C1CCC2CN(Cc3cc(C(=O)O)no3)CCC2N1. The van der Waals surface area contributed by atoms with Crippen molar-refractivity contribution in [2.24, 2.45) is 5.92 Å². The van der Waals surface area contributed by atoms with E-state index in [0.29, 0.717) is 24.6 Å². The Hall–Kier alpha value is -1.89. The van der Waals surface area contributed by atoms with E-state index in [1.54, 1.807) is 0 Å². The topological polar surface area (TPSA) is 95.7 Å². The van der Waals surface area contributed by atoms with Crippen LogP contribution in [0.15, 0.2) is 10.6 Å². The van der Waals surface area contributed by atoms with E-state index in [4.69, 9.17) is 9.63 Å². The first-order chi connectivity index (χ1) is 9.61. The Bertz CT molecular complexity index is 527. The van der Waals surface area contributed by atoms with Crippen LogP contribution in [0, 0.1) is 5.92 Å². The molecule has 2 aliphatic heterocycles. The van der Waals surface area contributed by atoms with Crippen LogP contribution in [0.2, 0.25) is 0 Å². The monoisotopic (exact) mass is 279 g/mol. The van der Waals surface area contributed by atoms with Gasteiger partial charge in [-0.2, -0.15) is 0 Å². The summed E-state index contributed by atoms with van der Waals surface area (Å²) >= 11 is 0. The molecule has 0 aliphatic carbocycles. The van der Waals surface area contributed by atoms with Crippen LogP contribution < -0.4 is 5.32 Å². The van der Waals surface area contributed by atoms with Crippen molar-refractivity contribution in [3.8, 4) is 0 Å². The summed E-state index contributed by atoms with van der Waals surface area (Å²) in [5.41, 5.74) is -0.0557. The fourth-order valence-electron chi connectivity index (χ4n) is 3.04. The van der Waals surface area contributed by atoms with Crippen molar-refractivity contribution in [1.29, 1.82) is 0 Å². The van der Waals surface area contributed by atoms with E-state index in [0.717, 1.165) is 25.9 Å². The second-order valence-corrected chi connectivity index (χ2v) is 5.48. The van der Waals surface area contributed by atoms with Gasteiger partial charge in [0, 0.05) is 31.6 Å². The van der Waals surface area contributed by atoms with Crippen molar-refractivity contribution in [3.05, 3.63) is 17.5 Å². The highest BCUT2D eigenvalue weighted by molar-refractivity contribution is 5.85. The van der Waals surface area contributed by atoms with Gasteiger partial charge in [-0.25, -0.2) is 4.79 Å². The first-order valence-corrected chi connectivity index (χ1v) is 6.82. The number of nitrogens with one attached hydrogen (secondary N) is 1. The predicted octanol–water partition coefficient (Wildman–Crippen LogP) is 0.473. The lowest BCUT2D eigenvalue weighted by Crippen LogP contribution is -2.53. The maximum Gasteiger partial charge on any atom is 0.358 e. The number of carboxylic acids is 1. The number of hydrogen-bond acceptors (Lipinski definition) is 5. The molecule has 1 aromatic heterocycles. The van der Waals surface area contributed by atoms with Crippen molar-refractivity contribution in [1.82, 2.24) is 15.4 Å². The molecule has 108 valence electrons. The van der Waals surface area contributed by atoms with E-state index in [-0.39, 0.29) is 17.6 Å². The van der Waals surface area contributed by atoms with Crippen molar-refractivity contribution in [3.63, 3.8) is 0 Å². The Labute approximate surface area is 115 Å². The minimum atomic E-state index is -1.08. The van der Waals surface area contributed by atoms with Gasteiger partial charge in [0.2, 0.25) is 5.91 Å². The Morgan fingerprint density at radius 3 is 3.15 bits per heavy atom. The van der Waals surface area contributed by atoms with E-state index in [9.17, 15) is 9.59 Å². The highest BCUT2D eigenvalue weighted by Crippen LogP contribution is 2.26. The minimum Gasteiger partial charge on any atom is -0.476 e. The molecule has 2 unspecified atom stereocenters. The maximum absolute atomic E-state index is 11.4. The first kappa shape index (κ1) is 13.1. The van der Waals surface area contributed by atoms with Crippen molar-refractivity contribution in [2.75, 3.05) is 13.1 Å². The zero-order valence-electron chi connectivity index (χ0n) is 11.0. The summed E-state index contributed by atoms with van der Waals surface area (Å²) in [6, 6.07) is 1.76. The number of amides is 1. The van der Waals surface area contributed by atoms with Crippen LogP contribution >= 0.6 is 0 Å². The normalized spacial score (nSPS) is 26.9. The quantitative estimate of drug-likeness (QED) is 0.835. The van der Waals surface area contributed by atoms with Gasteiger partial charge in [0.15, 0.2) is 11.5 Å². The molecule has 0 spiro atoms. The number of aromatic nitrogens is 1. The van der Waals surface area contributed by atoms with E-state index < -0.39 is 5.97 Å². The van der Waals surface area contributed by atoms with Gasteiger partial charge in [-0.15, -0.1) is 0 Å². The third-order valence-electron chi connectivity index (χ3n) is 4.06. The van der Waals surface area contributed by atoms with Gasteiger partial charge in [-0.1, -0.05) is 5.16 Å². The number of carbonyl (C=O) groups excluding carboxylic acids is 1. The molecule has 3 heterocycles. The summed E-state index contributed by atoms with van der Waals surface area (Å²) in [5.74, 6) is 0.124. The number of nitrogens with zero attached hydrogens (tertiary/aromatic N) is 2. The Balaban J connectivity index is 1.59. The number of rotatable bonds is 3. The van der Waals surface area contributed by atoms with Gasteiger partial charge in [-0.3, -0.25) is 9.69 Å². The highest BCUT2D eigenvalue weighted by atomic mass is 16.5. The van der Waals surface area contributed by atoms with Crippen molar-refractivity contribution >= 4 is 11.9 Å². The standard InChI is InChI=1S/C13H17N3O4/c17-12-2-1-8-6-16(4-3-10(8)14-12)7-9-5-11(13(18)19)15-20-9/h5,8,10H,1-4,6-7H2,(H,14,17)(H,18,19). The number of fused-ring (bicyclic) bond motifs is 1. The fourth-order valence-corrected chi connectivity index (χ4v) is 3.04. The average Bonchev–Trinajstić information content (AvgIpc) is 2.88. The summed E-state index contributed by atoms with van der Waals surface area (Å²) in [6.45, 7) is 2.33. The molecular formula is C13H17N3O4. The van der Waals surface area contributed by atoms with E-state index in [2.05, 4.69) is 15.4 Å². The molecule has 1 aromatic rings. The zero-order valence-corrected chi connectivity index (χ0v) is 11.0. The Morgan fingerprint density at radius 1 is 1.55 bits per heavy atom. The lowest BCUT2D eigenvalue weighted by molar-refractivity contribution is -0.125. The molecular weight excluding hydrogens is 262 g/mol. The molecule has 2 saturated heterocycles. The lowest BCUT2D eigenvalue weighted by Gasteiger charge is -2.41.